The molecule has 1 fully saturated rings. The predicted molar refractivity (Wildman–Crippen MR) is 133 cm³/mol. The summed E-state index contributed by atoms with van der Waals surface area (Å²) in [7, 11) is 0. The van der Waals surface area contributed by atoms with Crippen molar-refractivity contribution in [3.05, 3.63) is 101 Å². The zero-order valence-corrected chi connectivity index (χ0v) is 19.0. The fourth-order valence-electron chi connectivity index (χ4n) is 4.31. The van der Waals surface area contributed by atoms with Gasteiger partial charge in [0.1, 0.15) is 18.2 Å². The maximum atomic E-state index is 13.1. The van der Waals surface area contributed by atoms with Crippen LogP contribution in [-0.2, 0) is 16.1 Å². The Balaban J connectivity index is 1.27. The molecule has 2 heterocycles. The van der Waals surface area contributed by atoms with Gasteiger partial charge in [-0.05, 0) is 59.9 Å². The smallest absolute Gasteiger partial charge is 0.410 e. The molecule has 176 valence electrons. The zero-order chi connectivity index (χ0) is 24.2. The van der Waals surface area contributed by atoms with Gasteiger partial charge in [-0.15, -0.1) is 0 Å². The number of anilines is 1. The average Bonchev–Trinajstić information content (AvgIpc) is 3.38. The van der Waals surface area contributed by atoms with Crippen LogP contribution in [0.1, 0.15) is 18.4 Å². The van der Waals surface area contributed by atoms with E-state index in [4.69, 9.17) is 9.15 Å². The largest absolute Gasteiger partial charge is 0.445 e. The summed E-state index contributed by atoms with van der Waals surface area (Å²) in [5, 5.41) is 3.76. The summed E-state index contributed by atoms with van der Waals surface area (Å²) in [6.07, 6.45) is 0.844. The lowest BCUT2D eigenvalue weighted by Crippen LogP contribution is -2.43. The Labute approximate surface area is 201 Å². The number of benzene rings is 3. The van der Waals surface area contributed by atoms with Gasteiger partial charge in [-0.25, -0.2) is 9.59 Å². The highest BCUT2D eigenvalue weighted by atomic mass is 16.6. The number of likely N-dealkylation sites (tertiary alicyclic amines) is 1. The molecule has 5 rings (SSSR count). The number of carbonyl (C=O) groups excluding carboxylic acids is 2. The van der Waals surface area contributed by atoms with E-state index in [1.165, 1.54) is 11.0 Å². The highest BCUT2D eigenvalue weighted by Crippen LogP contribution is 2.27. The Bertz CT molecular complexity index is 1430. The van der Waals surface area contributed by atoms with E-state index in [9.17, 15) is 14.4 Å². The van der Waals surface area contributed by atoms with Crippen molar-refractivity contribution in [3.63, 3.8) is 0 Å². The van der Waals surface area contributed by atoms with E-state index in [1.54, 1.807) is 12.1 Å². The minimum Gasteiger partial charge on any atom is -0.445 e. The summed E-state index contributed by atoms with van der Waals surface area (Å²) < 4.78 is 10.6. The van der Waals surface area contributed by atoms with Gasteiger partial charge in [0, 0.05) is 23.7 Å². The standard InChI is InChI=1S/C28H24N2O5/c31-26-14-12-22-16-21(11-13-25(22)35-26)20-8-4-9-23(17-20)29-27(32)24-10-5-15-30(24)28(33)34-18-19-6-2-1-3-7-19/h1-4,6-9,11-14,16-17,24H,5,10,15,18H2,(H,29,32)/t24-/m0/s1. The van der Waals surface area contributed by atoms with Gasteiger partial charge in [0.25, 0.3) is 0 Å². The van der Waals surface area contributed by atoms with Crippen molar-refractivity contribution < 1.29 is 18.7 Å². The molecule has 0 bridgehead atoms. The van der Waals surface area contributed by atoms with Crippen LogP contribution in [0.15, 0.2) is 94.1 Å². The van der Waals surface area contributed by atoms with E-state index in [2.05, 4.69) is 5.32 Å². The van der Waals surface area contributed by atoms with Crippen molar-refractivity contribution in [1.29, 1.82) is 0 Å². The molecule has 3 aromatic carbocycles. The van der Waals surface area contributed by atoms with Crippen LogP contribution >= 0.6 is 0 Å². The van der Waals surface area contributed by atoms with Gasteiger partial charge in [0.05, 0.1) is 0 Å². The maximum Gasteiger partial charge on any atom is 0.410 e. The fourth-order valence-corrected chi connectivity index (χ4v) is 4.31. The van der Waals surface area contributed by atoms with E-state index >= 15 is 0 Å². The molecular formula is C28H24N2O5. The van der Waals surface area contributed by atoms with Crippen LogP contribution in [-0.4, -0.2) is 29.5 Å². The third-order valence-corrected chi connectivity index (χ3v) is 6.08. The number of hydrogen-bond donors (Lipinski definition) is 1. The van der Waals surface area contributed by atoms with Crippen LogP contribution in [0.4, 0.5) is 10.5 Å². The lowest BCUT2D eigenvalue weighted by Gasteiger charge is -2.23. The Morgan fingerprint density at radius 1 is 0.943 bits per heavy atom. The molecular weight excluding hydrogens is 444 g/mol. The lowest BCUT2D eigenvalue weighted by molar-refractivity contribution is -0.120. The number of amides is 2. The Morgan fingerprint density at radius 2 is 1.77 bits per heavy atom. The molecule has 1 aromatic heterocycles. The van der Waals surface area contributed by atoms with Crippen molar-refractivity contribution in [1.82, 2.24) is 4.90 Å². The third kappa shape index (κ3) is 5.09. The Kier molecular flexibility index (Phi) is 6.30. The van der Waals surface area contributed by atoms with Crippen molar-refractivity contribution in [3.8, 4) is 11.1 Å². The monoisotopic (exact) mass is 468 g/mol. The number of hydrogen-bond acceptors (Lipinski definition) is 5. The van der Waals surface area contributed by atoms with Crippen LogP contribution in [0.5, 0.6) is 0 Å². The molecule has 1 atom stereocenters. The summed E-state index contributed by atoms with van der Waals surface area (Å²) in [5.41, 5.74) is 3.49. The molecule has 1 N–H and O–H groups in total. The molecule has 0 unspecified atom stereocenters. The predicted octanol–water partition coefficient (Wildman–Crippen LogP) is 5.20. The highest BCUT2D eigenvalue weighted by molar-refractivity contribution is 5.97. The molecule has 0 radical (unpaired) electrons. The molecule has 1 aliphatic rings. The van der Waals surface area contributed by atoms with E-state index in [1.807, 2.05) is 66.7 Å². The summed E-state index contributed by atoms with van der Waals surface area (Å²) in [5.74, 6) is -0.239. The lowest BCUT2D eigenvalue weighted by atomic mass is 10.0. The normalized spacial score (nSPS) is 15.2. The zero-order valence-electron chi connectivity index (χ0n) is 19.0. The summed E-state index contributed by atoms with van der Waals surface area (Å²) in [6, 6.07) is 25.0. The first-order valence-corrected chi connectivity index (χ1v) is 11.5. The topological polar surface area (TPSA) is 88.9 Å². The van der Waals surface area contributed by atoms with Gasteiger partial charge in [-0.3, -0.25) is 9.69 Å². The molecule has 0 spiro atoms. The minimum atomic E-state index is -0.578. The first-order valence-electron chi connectivity index (χ1n) is 11.5. The van der Waals surface area contributed by atoms with E-state index in [0.29, 0.717) is 24.2 Å². The molecule has 1 aliphatic heterocycles. The molecule has 0 saturated carbocycles. The third-order valence-electron chi connectivity index (χ3n) is 6.08. The van der Waals surface area contributed by atoms with Gasteiger partial charge in [0.2, 0.25) is 5.91 Å². The maximum absolute atomic E-state index is 13.1. The van der Waals surface area contributed by atoms with Crippen molar-refractivity contribution in [2.24, 2.45) is 0 Å². The second-order valence-electron chi connectivity index (χ2n) is 8.47. The molecule has 35 heavy (non-hydrogen) atoms. The van der Waals surface area contributed by atoms with Gasteiger partial charge in [-0.2, -0.15) is 0 Å². The van der Waals surface area contributed by atoms with Crippen molar-refractivity contribution in [2.75, 3.05) is 11.9 Å². The van der Waals surface area contributed by atoms with Crippen molar-refractivity contribution in [2.45, 2.75) is 25.5 Å². The fraction of sp³-hybridized carbons (Fsp3) is 0.179. The van der Waals surface area contributed by atoms with E-state index in [0.717, 1.165) is 28.5 Å². The van der Waals surface area contributed by atoms with Crippen LogP contribution in [0.3, 0.4) is 0 Å². The van der Waals surface area contributed by atoms with Gasteiger partial charge >= 0.3 is 11.7 Å². The molecule has 4 aromatic rings. The number of fused-ring (bicyclic) bond motifs is 1. The van der Waals surface area contributed by atoms with Crippen molar-refractivity contribution >= 4 is 28.7 Å². The quantitative estimate of drug-likeness (QED) is 0.407. The van der Waals surface area contributed by atoms with Crippen LogP contribution < -0.4 is 10.9 Å². The number of nitrogens with one attached hydrogen (secondary N) is 1. The second-order valence-corrected chi connectivity index (χ2v) is 8.47. The summed E-state index contributed by atoms with van der Waals surface area (Å²) in [6.45, 7) is 0.653. The molecule has 7 heteroatoms. The average molecular weight is 469 g/mol. The van der Waals surface area contributed by atoms with Gasteiger partial charge in [-0.1, -0.05) is 48.5 Å². The first-order chi connectivity index (χ1) is 17.1. The molecule has 2 amide bonds. The minimum absolute atomic E-state index is 0.168. The van der Waals surface area contributed by atoms with Crippen LogP contribution in [0, 0.1) is 0 Å². The molecule has 1 saturated heterocycles. The summed E-state index contributed by atoms with van der Waals surface area (Å²) >= 11 is 0. The molecule has 7 nitrogen and oxygen atoms in total. The Hall–Kier alpha value is -4.39. The number of ether oxygens (including phenoxy) is 1. The van der Waals surface area contributed by atoms with Gasteiger partial charge < -0.3 is 14.5 Å². The van der Waals surface area contributed by atoms with Crippen LogP contribution in [0.2, 0.25) is 0 Å². The SMILES string of the molecule is O=C(Nc1cccc(-c2ccc3oc(=O)ccc3c2)c1)[C@@H]1CCCN1C(=O)OCc1ccccc1. The van der Waals surface area contributed by atoms with Gasteiger partial charge in [0.15, 0.2) is 0 Å². The summed E-state index contributed by atoms with van der Waals surface area (Å²) in [4.78, 5) is 38.6. The second kappa shape index (κ2) is 9.85. The van der Waals surface area contributed by atoms with Crippen LogP contribution in [0.25, 0.3) is 22.1 Å². The molecule has 0 aliphatic carbocycles. The highest BCUT2D eigenvalue weighted by Gasteiger charge is 2.35. The first kappa shape index (κ1) is 22.4. The number of carbonyl (C=O) groups is 2. The Morgan fingerprint density at radius 3 is 2.63 bits per heavy atom. The number of rotatable bonds is 5. The number of nitrogens with zero attached hydrogens (tertiary/aromatic N) is 1. The van der Waals surface area contributed by atoms with E-state index in [-0.39, 0.29) is 18.1 Å². The van der Waals surface area contributed by atoms with E-state index < -0.39 is 12.1 Å².